The van der Waals surface area contributed by atoms with Crippen LogP contribution in [-0.4, -0.2) is 53.5 Å². The largest absolute Gasteiger partial charge is 0.384 e. The van der Waals surface area contributed by atoms with Gasteiger partial charge >= 0.3 is 0 Å². The Kier molecular flexibility index (Phi) is 9.15. The van der Waals surface area contributed by atoms with Gasteiger partial charge in [0.15, 0.2) is 0 Å². The molecule has 10 nitrogen and oxygen atoms in total. The van der Waals surface area contributed by atoms with Crippen LogP contribution in [0.4, 0.5) is 11.4 Å². The third-order valence-corrected chi connectivity index (χ3v) is 5.92. The molecule has 0 aromatic heterocycles. The second-order valence-electron chi connectivity index (χ2n) is 9.05. The number of anilines is 2. The number of hydrogen-bond acceptors (Lipinski definition) is 6. The molecule has 202 valence electrons. The zero-order valence-corrected chi connectivity index (χ0v) is 21.8. The molecule has 0 radical (unpaired) electrons. The van der Waals surface area contributed by atoms with Crippen molar-refractivity contribution in [2.75, 3.05) is 18.0 Å². The first-order valence-corrected chi connectivity index (χ1v) is 12.3. The Morgan fingerprint density at radius 1 is 0.897 bits per heavy atom. The molecule has 3 aromatic carbocycles. The van der Waals surface area contributed by atoms with Gasteiger partial charge in [-0.2, -0.15) is 0 Å². The third-order valence-electron chi connectivity index (χ3n) is 5.92. The lowest BCUT2D eigenvalue weighted by atomic mass is 9.98. The summed E-state index contributed by atoms with van der Waals surface area (Å²) in [6, 6.07) is 22.4. The Labute approximate surface area is 228 Å². The first-order valence-electron chi connectivity index (χ1n) is 12.8. The van der Waals surface area contributed by atoms with Gasteiger partial charge in [-0.1, -0.05) is 62.4 Å². The molecule has 1 atom stereocenters. The van der Waals surface area contributed by atoms with Crippen LogP contribution in [-0.2, 0) is 14.4 Å². The van der Waals surface area contributed by atoms with Crippen LogP contribution < -0.4 is 21.7 Å². The summed E-state index contributed by atoms with van der Waals surface area (Å²) in [5, 5.41) is 10.1. The predicted molar refractivity (Wildman–Crippen MR) is 149 cm³/mol. The summed E-state index contributed by atoms with van der Waals surface area (Å²) in [7, 11) is 0. The first kappa shape index (κ1) is 27.2. The number of carbonyl (C=O) groups excluding carboxylic acids is 4. The van der Waals surface area contributed by atoms with Gasteiger partial charge in [0.25, 0.3) is 11.8 Å². The van der Waals surface area contributed by atoms with Crippen LogP contribution in [0.15, 0.2) is 84.9 Å². The minimum absolute atomic E-state index is 0.0459. The maximum absolute atomic E-state index is 14.4. The Morgan fingerprint density at radius 2 is 1.46 bits per heavy atom. The minimum atomic E-state index is -1.27. The van der Waals surface area contributed by atoms with Gasteiger partial charge in [-0.25, -0.2) is 0 Å². The quantitative estimate of drug-likeness (QED) is 0.220. The van der Waals surface area contributed by atoms with Crippen molar-refractivity contribution in [2.45, 2.75) is 19.9 Å². The van der Waals surface area contributed by atoms with E-state index in [1.165, 1.54) is 23.1 Å². The van der Waals surface area contributed by atoms with Gasteiger partial charge in [0, 0.05) is 22.5 Å². The molecule has 0 spiro atoms. The van der Waals surface area contributed by atoms with Gasteiger partial charge in [-0.15, -0.1) is 0 Å². The number of amidine groups is 1. The number of hydrogen-bond donors (Lipinski definition) is 4. The molecule has 39 heavy (non-hydrogen) atoms. The molecule has 0 saturated heterocycles. The second kappa shape index (κ2) is 13.1. The molecule has 0 bridgehead atoms. The molecule has 3 aromatic rings. The highest BCUT2D eigenvalue weighted by Crippen LogP contribution is 2.29. The lowest BCUT2D eigenvalue weighted by Gasteiger charge is -2.36. The summed E-state index contributed by atoms with van der Waals surface area (Å²) >= 11 is 0. The van der Waals surface area contributed by atoms with E-state index in [0.29, 0.717) is 11.4 Å². The molecule has 0 aliphatic heterocycles. The molecule has 0 aliphatic carbocycles. The van der Waals surface area contributed by atoms with E-state index in [1.807, 2.05) is 17.9 Å². The Morgan fingerprint density at radius 3 is 1.97 bits per heavy atom. The molecule has 0 saturated carbocycles. The molecule has 0 aliphatic rings. The Bertz CT molecular complexity index is 1330. The van der Waals surface area contributed by atoms with Crippen molar-refractivity contribution in [1.82, 2.24) is 10.2 Å². The normalized spacial score (nSPS) is 11.7. The maximum Gasteiger partial charge on any atom is 0.261 e. The van der Waals surface area contributed by atoms with Gasteiger partial charge in [-0.3, -0.25) is 34.4 Å². The summed E-state index contributed by atoms with van der Waals surface area (Å²) in [4.78, 5) is 56.2. The van der Waals surface area contributed by atoms with Crippen molar-refractivity contribution in [3.05, 3.63) is 96.1 Å². The van der Waals surface area contributed by atoms with Crippen molar-refractivity contribution in [3.8, 4) is 0 Å². The molecular weight excluding hydrogens is 496 g/mol. The monoisotopic (exact) mass is 529 g/mol. The van der Waals surface area contributed by atoms with E-state index in [4.69, 9.17) is 12.6 Å². The van der Waals surface area contributed by atoms with E-state index >= 15 is 0 Å². The van der Waals surface area contributed by atoms with Crippen LogP contribution >= 0.6 is 0 Å². The second-order valence-corrected chi connectivity index (χ2v) is 9.05. The van der Waals surface area contributed by atoms with Gasteiger partial charge in [0.2, 0.25) is 11.8 Å². The van der Waals surface area contributed by atoms with Crippen LogP contribution in [0.3, 0.4) is 0 Å². The molecule has 3 rings (SSSR count). The fraction of sp³-hybridized carbons (Fsp3) is 0.207. The predicted octanol–water partition coefficient (Wildman–Crippen LogP) is 2.40. The number of nitrogen functional groups attached to an aromatic ring is 1. The van der Waals surface area contributed by atoms with Gasteiger partial charge < -0.3 is 16.8 Å². The number of amides is 4. The Balaban J connectivity index is 2.12. The van der Waals surface area contributed by atoms with E-state index < -0.39 is 42.1 Å². The highest BCUT2D eigenvalue weighted by molar-refractivity contribution is 6.13. The average molecular weight is 530 g/mol. The highest BCUT2D eigenvalue weighted by Gasteiger charge is 2.40. The third kappa shape index (κ3) is 6.93. The maximum atomic E-state index is 14.4. The van der Waals surface area contributed by atoms with Crippen molar-refractivity contribution < 1.29 is 20.6 Å². The Hall–Kier alpha value is -4.83. The summed E-state index contributed by atoms with van der Waals surface area (Å²) < 4.78 is 6.99. The number of benzene rings is 3. The number of rotatable bonds is 11. The van der Waals surface area contributed by atoms with Crippen LogP contribution in [0.1, 0.15) is 29.8 Å². The number of imide groups is 1. The molecule has 4 amide bonds. The highest BCUT2D eigenvalue weighted by atomic mass is 16.2. The molecule has 0 heterocycles. The van der Waals surface area contributed by atoms with Gasteiger partial charge in [-0.05, 0) is 42.3 Å². The summed E-state index contributed by atoms with van der Waals surface area (Å²) in [6.07, 6.45) is 0. The number of para-hydroxylation sites is 2. The molecule has 6 N–H and O–H groups in total. The number of nitrogens with zero attached hydrogens (tertiary/aromatic N) is 2. The number of nitrogens with one attached hydrogen (secondary N) is 2. The standard InChI is InChI=1S/C29H32N6O4/c1-19(2)26(29(39)34(22-12-5-3-6-13-22)23-14-7-4-8-15-23)35(25(37)18-33-24(36)17-30)28(38)21-11-9-10-20(16-21)27(31)32/h3-16,19,26H,17-18,30H2,1-2H3,(H3,31,32)(H,33,36)/t26-/m0/s1/i/hD. The van der Waals surface area contributed by atoms with Crippen molar-refractivity contribution in [3.63, 3.8) is 0 Å². The average Bonchev–Trinajstić information content (AvgIpc) is 2.95. The van der Waals surface area contributed by atoms with E-state index in [2.05, 4.69) is 5.32 Å². The summed E-state index contributed by atoms with van der Waals surface area (Å²) in [6.45, 7) is 2.51. The van der Waals surface area contributed by atoms with Crippen LogP contribution in [0.25, 0.3) is 0 Å². The van der Waals surface area contributed by atoms with E-state index in [1.54, 1.807) is 68.4 Å². The smallest absolute Gasteiger partial charge is 0.261 e. The lowest BCUT2D eigenvalue weighted by molar-refractivity contribution is -0.137. The molecular formula is C29H32N6O4. The van der Waals surface area contributed by atoms with E-state index in [9.17, 15) is 19.2 Å². The van der Waals surface area contributed by atoms with Gasteiger partial charge in [0.1, 0.15) is 13.3 Å². The fourth-order valence-corrected chi connectivity index (χ4v) is 4.06. The van der Waals surface area contributed by atoms with Crippen molar-refractivity contribution >= 4 is 40.8 Å². The summed E-state index contributed by atoms with van der Waals surface area (Å²) in [5.41, 5.74) is 8.96. The topological polar surface area (TPSA) is 163 Å². The van der Waals surface area contributed by atoms with Gasteiger partial charge in [0.05, 0.1) is 13.1 Å². The lowest BCUT2D eigenvalue weighted by Crippen LogP contribution is -2.57. The van der Waals surface area contributed by atoms with E-state index in [-0.39, 0.29) is 23.5 Å². The van der Waals surface area contributed by atoms with Crippen LogP contribution in [0.2, 0.25) is 1.41 Å². The number of carbonyl (C=O) groups is 4. The summed E-state index contributed by atoms with van der Waals surface area (Å²) in [5.74, 6) is -3.55. The molecule has 10 heteroatoms. The van der Waals surface area contributed by atoms with Crippen molar-refractivity contribution in [1.29, 1.82) is 5.41 Å². The van der Waals surface area contributed by atoms with Crippen LogP contribution in [0.5, 0.6) is 0 Å². The fourth-order valence-electron chi connectivity index (χ4n) is 4.06. The zero-order chi connectivity index (χ0) is 29.2. The molecule has 0 unspecified atom stereocenters. The number of nitrogens with two attached hydrogens (primary N) is 2. The van der Waals surface area contributed by atoms with Crippen molar-refractivity contribution in [2.24, 2.45) is 17.4 Å². The van der Waals surface area contributed by atoms with E-state index in [0.717, 1.165) is 4.90 Å². The zero-order valence-electron chi connectivity index (χ0n) is 22.8. The molecule has 0 fully saturated rings. The first-order chi connectivity index (χ1) is 19.1. The minimum Gasteiger partial charge on any atom is -0.384 e. The van der Waals surface area contributed by atoms with Crippen LogP contribution in [0, 0.1) is 11.3 Å². The SMILES string of the molecule is [2H]NCC(=O)NCC(=O)N(C(=O)c1cccc(C(=N)N)c1)[C@H](C(=O)N(c1ccccc1)c1ccccc1)C(C)C.